The summed E-state index contributed by atoms with van der Waals surface area (Å²) in [5, 5.41) is 0. The van der Waals surface area contributed by atoms with Gasteiger partial charge in [-0.3, -0.25) is 9.78 Å². The Morgan fingerprint density at radius 3 is 2.42 bits per heavy atom. The smallest absolute Gasteiger partial charge is 0.248 e. The molecular weight excluding hydrogens is 300 g/mol. The molecule has 24 heavy (non-hydrogen) atoms. The molecule has 0 unspecified atom stereocenters. The van der Waals surface area contributed by atoms with Gasteiger partial charge in [-0.1, -0.05) is 30.3 Å². The number of rotatable bonds is 5. The molecule has 0 fully saturated rings. The van der Waals surface area contributed by atoms with E-state index < -0.39 is 5.91 Å². The molecule has 0 saturated carbocycles. The zero-order valence-electron chi connectivity index (χ0n) is 13.4. The number of benzene rings is 2. The molecule has 0 aliphatic heterocycles. The molecule has 4 heteroatoms. The first-order chi connectivity index (χ1) is 11.6. The summed E-state index contributed by atoms with van der Waals surface area (Å²) in [5.41, 5.74) is 9.69. The van der Waals surface area contributed by atoms with E-state index in [2.05, 4.69) is 4.98 Å². The number of primary amides is 1. The molecule has 0 spiro atoms. The molecule has 0 aliphatic rings. The van der Waals surface area contributed by atoms with Crippen LogP contribution in [0.15, 0.2) is 66.7 Å². The van der Waals surface area contributed by atoms with Crippen LogP contribution in [-0.2, 0) is 6.61 Å². The number of hydrogen-bond acceptors (Lipinski definition) is 3. The van der Waals surface area contributed by atoms with E-state index in [1.54, 1.807) is 24.3 Å². The van der Waals surface area contributed by atoms with Crippen LogP contribution in [0.1, 0.15) is 21.6 Å². The predicted molar refractivity (Wildman–Crippen MR) is 93.7 cm³/mol. The largest absolute Gasteiger partial charge is 0.489 e. The SMILES string of the molecule is Cc1cc(COc2ccc(C(N)=O)cc2)cc(-c2ccccc2)n1. The summed E-state index contributed by atoms with van der Waals surface area (Å²) < 4.78 is 5.79. The average molecular weight is 318 g/mol. The van der Waals surface area contributed by atoms with Crippen molar-refractivity contribution in [1.29, 1.82) is 0 Å². The van der Waals surface area contributed by atoms with E-state index in [-0.39, 0.29) is 0 Å². The summed E-state index contributed by atoms with van der Waals surface area (Å²) in [6.45, 7) is 2.40. The van der Waals surface area contributed by atoms with Crippen molar-refractivity contribution >= 4 is 5.91 Å². The molecule has 2 N–H and O–H groups in total. The van der Waals surface area contributed by atoms with Crippen LogP contribution in [0.25, 0.3) is 11.3 Å². The fourth-order valence-corrected chi connectivity index (χ4v) is 2.46. The van der Waals surface area contributed by atoms with Crippen molar-refractivity contribution in [3.8, 4) is 17.0 Å². The number of aromatic nitrogens is 1. The molecule has 3 rings (SSSR count). The highest BCUT2D eigenvalue weighted by Crippen LogP contribution is 2.20. The molecule has 0 radical (unpaired) electrons. The second kappa shape index (κ2) is 6.96. The Labute approximate surface area is 140 Å². The molecule has 2 aromatic carbocycles. The maximum absolute atomic E-state index is 11.1. The van der Waals surface area contributed by atoms with E-state index in [0.29, 0.717) is 17.9 Å². The summed E-state index contributed by atoms with van der Waals surface area (Å²) in [6.07, 6.45) is 0. The number of carbonyl (C=O) groups is 1. The summed E-state index contributed by atoms with van der Waals surface area (Å²) in [6, 6.07) is 20.9. The Hall–Kier alpha value is -3.14. The van der Waals surface area contributed by atoms with Crippen LogP contribution in [0.5, 0.6) is 5.75 Å². The minimum Gasteiger partial charge on any atom is -0.489 e. The van der Waals surface area contributed by atoms with E-state index in [1.165, 1.54) is 0 Å². The van der Waals surface area contributed by atoms with Crippen LogP contribution < -0.4 is 10.5 Å². The molecule has 0 bridgehead atoms. The third-order valence-corrected chi connectivity index (χ3v) is 3.63. The number of aryl methyl sites for hydroxylation is 1. The van der Waals surface area contributed by atoms with Crippen molar-refractivity contribution in [1.82, 2.24) is 4.98 Å². The van der Waals surface area contributed by atoms with Crippen molar-refractivity contribution in [3.63, 3.8) is 0 Å². The van der Waals surface area contributed by atoms with Crippen LogP contribution in [0.3, 0.4) is 0 Å². The quantitative estimate of drug-likeness (QED) is 0.779. The van der Waals surface area contributed by atoms with Gasteiger partial charge in [0, 0.05) is 16.8 Å². The molecule has 1 amide bonds. The molecule has 0 atom stereocenters. The standard InChI is InChI=1S/C20H18N2O2/c1-14-11-15(12-19(22-14)16-5-3-2-4-6-16)13-24-18-9-7-17(8-10-18)20(21)23/h2-12H,13H2,1H3,(H2,21,23). The van der Waals surface area contributed by atoms with Gasteiger partial charge in [0.05, 0.1) is 5.69 Å². The van der Waals surface area contributed by atoms with E-state index in [1.807, 2.05) is 49.4 Å². The van der Waals surface area contributed by atoms with Gasteiger partial charge in [-0.2, -0.15) is 0 Å². The fraction of sp³-hybridized carbons (Fsp3) is 0.100. The summed E-state index contributed by atoms with van der Waals surface area (Å²) in [7, 11) is 0. The van der Waals surface area contributed by atoms with Gasteiger partial charge in [0.2, 0.25) is 5.91 Å². The maximum Gasteiger partial charge on any atom is 0.248 e. The zero-order valence-corrected chi connectivity index (χ0v) is 13.4. The van der Waals surface area contributed by atoms with Gasteiger partial charge in [-0.25, -0.2) is 0 Å². The van der Waals surface area contributed by atoms with E-state index in [9.17, 15) is 4.79 Å². The van der Waals surface area contributed by atoms with Crippen molar-refractivity contribution in [3.05, 3.63) is 83.6 Å². The van der Waals surface area contributed by atoms with Crippen LogP contribution in [0, 0.1) is 6.92 Å². The third kappa shape index (κ3) is 3.79. The second-order valence-corrected chi connectivity index (χ2v) is 5.55. The van der Waals surface area contributed by atoms with Gasteiger partial charge in [0.15, 0.2) is 0 Å². The highest BCUT2D eigenvalue weighted by molar-refractivity contribution is 5.92. The Kier molecular flexibility index (Phi) is 4.57. The van der Waals surface area contributed by atoms with Crippen molar-refractivity contribution < 1.29 is 9.53 Å². The first kappa shape index (κ1) is 15.7. The van der Waals surface area contributed by atoms with Gasteiger partial charge in [-0.05, 0) is 48.9 Å². The monoisotopic (exact) mass is 318 g/mol. The molecule has 3 aromatic rings. The number of nitrogens with zero attached hydrogens (tertiary/aromatic N) is 1. The Bertz CT molecular complexity index is 843. The summed E-state index contributed by atoms with van der Waals surface area (Å²) in [5.74, 6) is 0.245. The average Bonchev–Trinajstić information content (AvgIpc) is 2.60. The number of pyridine rings is 1. The topological polar surface area (TPSA) is 65.2 Å². The van der Waals surface area contributed by atoms with Crippen molar-refractivity contribution in [2.75, 3.05) is 0 Å². The Morgan fingerprint density at radius 2 is 1.75 bits per heavy atom. The second-order valence-electron chi connectivity index (χ2n) is 5.55. The minimum atomic E-state index is -0.446. The molecule has 0 aliphatic carbocycles. The maximum atomic E-state index is 11.1. The summed E-state index contributed by atoms with van der Waals surface area (Å²) >= 11 is 0. The van der Waals surface area contributed by atoms with Crippen molar-refractivity contribution in [2.24, 2.45) is 5.73 Å². The van der Waals surface area contributed by atoms with Crippen molar-refractivity contribution in [2.45, 2.75) is 13.5 Å². The van der Waals surface area contributed by atoms with Crippen LogP contribution in [0.4, 0.5) is 0 Å². The predicted octanol–water partition coefficient (Wildman–Crippen LogP) is 3.73. The number of carbonyl (C=O) groups excluding carboxylic acids is 1. The van der Waals surface area contributed by atoms with E-state index >= 15 is 0 Å². The lowest BCUT2D eigenvalue weighted by Crippen LogP contribution is -2.10. The zero-order chi connectivity index (χ0) is 16.9. The first-order valence-electron chi connectivity index (χ1n) is 7.67. The molecule has 120 valence electrons. The molecular formula is C20H18N2O2. The molecule has 0 saturated heterocycles. The number of ether oxygens (including phenoxy) is 1. The minimum absolute atomic E-state index is 0.430. The van der Waals surface area contributed by atoms with Gasteiger partial charge < -0.3 is 10.5 Å². The van der Waals surface area contributed by atoms with Crippen LogP contribution in [-0.4, -0.2) is 10.9 Å². The highest BCUT2D eigenvalue weighted by atomic mass is 16.5. The number of hydrogen-bond donors (Lipinski definition) is 1. The van der Waals surface area contributed by atoms with Gasteiger partial charge in [0.25, 0.3) is 0 Å². The first-order valence-corrected chi connectivity index (χ1v) is 7.67. The summed E-state index contributed by atoms with van der Waals surface area (Å²) in [4.78, 5) is 15.7. The molecule has 1 heterocycles. The highest BCUT2D eigenvalue weighted by Gasteiger charge is 2.05. The van der Waals surface area contributed by atoms with Crippen LogP contribution >= 0.6 is 0 Å². The lowest BCUT2D eigenvalue weighted by atomic mass is 10.1. The van der Waals surface area contributed by atoms with Crippen LogP contribution in [0.2, 0.25) is 0 Å². The fourth-order valence-electron chi connectivity index (χ4n) is 2.46. The van der Waals surface area contributed by atoms with E-state index in [4.69, 9.17) is 10.5 Å². The molecule has 1 aromatic heterocycles. The van der Waals surface area contributed by atoms with Gasteiger partial charge in [0.1, 0.15) is 12.4 Å². The Balaban J connectivity index is 1.75. The number of nitrogens with two attached hydrogens (primary N) is 1. The van der Waals surface area contributed by atoms with E-state index in [0.717, 1.165) is 22.5 Å². The normalized spacial score (nSPS) is 10.4. The number of amides is 1. The third-order valence-electron chi connectivity index (χ3n) is 3.63. The lowest BCUT2D eigenvalue weighted by Gasteiger charge is -2.09. The Morgan fingerprint density at radius 1 is 1.04 bits per heavy atom. The van der Waals surface area contributed by atoms with Gasteiger partial charge >= 0.3 is 0 Å². The van der Waals surface area contributed by atoms with Gasteiger partial charge in [-0.15, -0.1) is 0 Å². The molecule has 4 nitrogen and oxygen atoms in total. The lowest BCUT2D eigenvalue weighted by molar-refractivity contribution is 0.1000.